The van der Waals surface area contributed by atoms with Crippen LogP contribution in [0.3, 0.4) is 0 Å². The minimum atomic E-state index is -0.550. The molecule has 3 heteroatoms. The van der Waals surface area contributed by atoms with Crippen molar-refractivity contribution in [3.05, 3.63) is 41.5 Å². The SMILES string of the molecule is CCNC(C)/C=C/c1cc(F)cc(F)c1. The second-order valence-corrected chi connectivity index (χ2v) is 3.41. The van der Waals surface area contributed by atoms with Crippen LogP contribution in [-0.4, -0.2) is 12.6 Å². The average molecular weight is 211 g/mol. The molecule has 0 fully saturated rings. The number of halogens is 2. The van der Waals surface area contributed by atoms with E-state index in [2.05, 4.69) is 5.32 Å². The van der Waals surface area contributed by atoms with Gasteiger partial charge in [-0.15, -0.1) is 0 Å². The molecule has 1 aromatic rings. The van der Waals surface area contributed by atoms with Crippen molar-refractivity contribution in [1.29, 1.82) is 0 Å². The number of hydrogen-bond acceptors (Lipinski definition) is 1. The molecule has 1 aromatic carbocycles. The van der Waals surface area contributed by atoms with Crippen LogP contribution < -0.4 is 5.32 Å². The molecule has 0 bridgehead atoms. The summed E-state index contributed by atoms with van der Waals surface area (Å²) in [6.07, 6.45) is 3.58. The van der Waals surface area contributed by atoms with Gasteiger partial charge in [0.15, 0.2) is 0 Å². The minimum absolute atomic E-state index is 0.196. The van der Waals surface area contributed by atoms with Gasteiger partial charge in [-0.3, -0.25) is 0 Å². The van der Waals surface area contributed by atoms with Gasteiger partial charge in [0.05, 0.1) is 0 Å². The summed E-state index contributed by atoms with van der Waals surface area (Å²) in [5.41, 5.74) is 0.539. The molecule has 0 aromatic heterocycles. The topological polar surface area (TPSA) is 12.0 Å². The summed E-state index contributed by atoms with van der Waals surface area (Å²) in [7, 11) is 0. The maximum absolute atomic E-state index is 12.8. The van der Waals surface area contributed by atoms with Gasteiger partial charge in [-0.25, -0.2) is 8.78 Å². The van der Waals surface area contributed by atoms with Crippen LogP contribution in [0.4, 0.5) is 8.78 Å². The lowest BCUT2D eigenvalue weighted by Crippen LogP contribution is -2.22. The van der Waals surface area contributed by atoms with Gasteiger partial charge in [-0.05, 0) is 31.2 Å². The lowest BCUT2D eigenvalue weighted by atomic mass is 10.1. The number of benzene rings is 1. The molecule has 0 saturated heterocycles. The predicted molar refractivity (Wildman–Crippen MR) is 58.5 cm³/mol. The Morgan fingerprint density at radius 1 is 1.27 bits per heavy atom. The molecule has 0 aliphatic rings. The van der Waals surface area contributed by atoms with Crippen LogP contribution in [0.1, 0.15) is 19.4 Å². The summed E-state index contributed by atoms with van der Waals surface area (Å²) in [5.74, 6) is -1.10. The fourth-order valence-electron chi connectivity index (χ4n) is 1.32. The molecule has 0 amide bonds. The largest absolute Gasteiger partial charge is 0.311 e. The Balaban J connectivity index is 2.71. The van der Waals surface area contributed by atoms with Gasteiger partial charge in [0, 0.05) is 12.1 Å². The van der Waals surface area contributed by atoms with Crippen LogP contribution in [0, 0.1) is 11.6 Å². The Kier molecular flexibility index (Phi) is 4.43. The molecule has 0 radical (unpaired) electrons. The first kappa shape index (κ1) is 11.9. The summed E-state index contributed by atoms with van der Waals surface area (Å²) in [4.78, 5) is 0. The van der Waals surface area contributed by atoms with E-state index in [0.29, 0.717) is 5.56 Å². The van der Waals surface area contributed by atoms with Gasteiger partial charge in [0.2, 0.25) is 0 Å². The lowest BCUT2D eigenvalue weighted by molar-refractivity contribution is 0.582. The van der Waals surface area contributed by atoms with E-state index in [1.165, 1.54) is 12.1 Å². The molecule has 82 valence electrons. The Hall–Kier alpha value is -1.22. The lowest BCUT2D eigenvalue weighted by Gasteiger charge is -2.05. The zero-order chi connectivity index (χ0) is 11.3. The molecule has 1 unspecified atom stereocenters. The fourth-order valence-corrected chi connectivity index (χ4v) is 1.32. The van der Waals surface area contributed by atoms with Crippen molar-refractivity contribution >= 4 is 6.08 Å². The second kappa shape index (κ2) is 5.61. The molecule has 1 rings (SSSR count). The smallest absolute Gasteiger partial charge is 0.126 e. The number of rotatable bonds is 4. The van der Waals surface area contributed by atoms with Crippen LogP contribution in [0.5, 0.6) is 0 Å². The van der Waals surface area contributed by atoms with E-state index in [1.807, 2.05) is 19.9 Å². The number of hydrogen-bond donors (Lipinski definition) is 1. The molecule has 1 nitrogen and oxygen atoms in total. The molecular weight excluding hydrogens is 196 g/mol. The van der Waals surface area contributed by atoms with Crippen molar-refractivity contribution in [1.82, 2.24) is 5.32 Å². The van der Waals surface area contributed by atoms with Crippen molar-refractivity contribution in [3.63, 3.8) is 0 Å². The molecular formula is C12H15F2N. The monoisotopic (exact) mass is 211 g/mol. The van der Waals surface area contributed by atoms with Gasteiger partial charge in [0.25, 0.3) is 0 Å². The first-order valence-corrected chi connectivity index (χ1v) is 4.99. The Bertz CT molecular complexity index is 327. The van der Waals surface area contributed by atoms with Crippen molar-refractivity contribution in [2.75, 3.05) is 6.54 Å². The van der Waals surface area contributed by atoms with Crippen LogP contribution in [-0.2, 0) is 0 Å². The van der Waals surface area contributed by atoms with E-state index >= 15 is 0 Å². The summed E-state index contributed by atoms with van der Waals surface area (Å²) < 4.78 is 25.6. The summed E-state index contributed by atoms with van der Waals surface area (Å²) in [6.45, 7) is 4.85. The van der Waals surface area contributed by atoms with Gasteiger partial charge >= 0.3 is 0 Å². The van der Waals surface area contributed by atoms with Gasteiger partial charge in [0.1, 0.15) is 11.6 Å². The molecule has 0 saturated carbocycles. The third-order valence-corrected chi connectivity index (χ3v) is 1.99. The molecule has 15 heavy (non-hydrogen) atoms. The average Bonchev–Trinajstić information content (AvgIpc) is 2.14. The standard InChI is InChI=1S/C12H15F2N/c1-3-15-9(2)4-5-10-6-11(13)8-12(14)7-10/h4-9,15H,3H2,1-2H3/b5-4+. The summed E-state index contributed by atoms with van der Waals surface area (Å²) >= 11 is 0. The number of likely N-dealkylation sites (N-methyl/N-ethyl adjacent to an activating group) is 1. The third kappa shape index (κ3) is 4.21. The maximum atomic E-state index is 12.8. The fraction of sp³-hybridized carbons (Fsp3) is 0.333. The zero-order valence-electron chi connectivity index (χ0n) is 8.93. The van der Waals surface area contributed by atoms with Crippen LogP contribution in [0.15, 0.2) is 24.3 Å². The highest BCUT2D eigenvalue weighted by atomic mass is 19.1. The first-order valence-electron chi connectivity index (χ1n) is 4.99. The Labute approximate surface area is 88.8 Å². The van der Waals surface area contributed by atoms with Gasteiger partial charge < -0.3 is 5.32 Å². The van der Waals surface area contributed by atoms with Crippen molar-refractivity contribution in [2.24, 2.45) is 0 Å². The molecule has 0 spiro atoms. The highest BCUT2D eigenvalue weighted by Crippen LogP contribution is 2.09. The summed E-state index contributed by atoms with van der Waals surface area (Å²) in [5, 5.41) is 3.17. The highest BCUT2D eigenvalue weighted by molar-refractivity contribution is 5.49. The second-order valence-electron chi connectivity index (χ2n) is 3.41. The van der Waals surface area contributed by atoms with E-state index < -0.39 is 11.6 Å². The van der Waals surface area contributed by atoms with E-state index in [9.17, 15) is 8.78 Å². The molecule has 0 heterocycles. The van der Waals surface area contributed by atoms with Gasteiger partial charge in [-0.1, -0.05) is 19.1 Å². The van der Waals surface area contributed by atoms with E-state index in [0.717, 1.165) is 12.6 Å². The Morgan fingerprint density at radius 2 is 1.87 bits per heavy atom. The highest BCUT2D eigenvalue weighted by Gasteiger charge is 1.98. The number of nitrogens with one attached hydrogen (secondary N) is 1. The normalized spacial score (nSPS) is 13.3. The van der Waals surface area contributed by atoms with Crippen LogP contribution in [0.2, 0.25) is 0 Å². The van der Waals surface area contributed by atoms with Crippen molar-refractivity contribution in [3.8, 4) is 0 Å². The quantitative estimate of drug-likeness (QED) is 0.807. The zero-order valence-corrected chi connectivity index (χ0v) is 8.93. The van der Waals surface area contributed by atoms with Crippen LogP contribution >= 0.6 is 0 Å². The van der Waals surface area contributed by atoms with E-state index in [-0.39, 0.29) is 6.04 Å². The molecule has 1 atom stereocenters. The first-order chi connectivity index (χ1) is 7.11. The molecule has 0 aliphatic carbocycles. The van der Waals surface area contributed by atoms with Crippen LogP contribution in [0.25, 0.3) is 6.08 Å². The third-order valence-electron chi connectivity index (χ3n) is 1.99. The minimum Gasteiger partial charge on any atom is -0.311 e. The predicted octanol–water partition coefficient (Wildman–Crippen LogP) is 2.98. The Morgan fingerprint density at radius 3 is 2.40 bits per heavy atom. The molecule has 1 N–H and O–H groups in total. The summed E-state index contributed by atoms with van der Waals surface area (Å²) in [6, 6.07) is 3.67. The van der Waals surface area contributed by atoms with Crippen molar-refractivity contribution in [2.45, 2.75) is 19.9 Å². The van der Waals surface area contributed by atoms with Crippen molar-refractivity contribution < 1.29 is 8.78 Å². The maximum Gasteiger partial charge on any atom is 0.126 e. The van der Waals surface area contributed by atoms with Gasteiger partial charge in [-0.2, -0.15) is 0 Å². The van der Waals surface area contributed by atoms with E-state index in [4.69, 9.17) is 0 Å². The van der Waals surface area contributed by atoms with E-state index in [1.54, 1.807) is 6.08 Å². The molecule has 0 aliphatic heterocycles.